The first-order valence-electron chi connectivity index (χ1n) is 9.98. The van der Waals surface area contributed by atoms with E-state index >= 15 is 0 Å². The van der Waals surface area contributed by atoms with E-state index in [0.29, 0.717) is 32.7 Å². The Balaban J connectivity index is 2.03. The third-order valence-electron chi connectivity index (χ3n) is 5.72. The molecule has 3 amide bonds. The highest BCUT2D eigenvalue weighted by Gasteiger charge is 2.54. The third kappa shape index (κ3) is 5.83. The summed E-state index contributed by atoms with van der Waals surface area (Å²) in [4.78, 5) is 38.0. The van der Waals surface area contributed by atoms with Crippen LogP contribution in [-0.4, -0.2) is 84.5 Å². The quantitative estimate of drug-likeness (QED) is 0.516. The van der Waals surface area contributed by atoms with Crippen molar-refractivity contribution in [3.05, 3.63) is 0 Å². The average molecular weight is 413 g/mol. The molecule has 164 valence electrons. The Morgan fingerprint density at radius 3 is 2.10 bits per heavy atom. The minimum absolute atomic E-state index is 0.266. The van der Waals surface area contributed by atoms with E-state index in [1.165, 1.54) is 0 Å². The number of carbonyl (C=O) groups excluding carboxylic acids is 2. The highest BCUT2D eigenvalue weighted by atomic mass is 16.7. The van der Waals surface area contributed by atoms with Crippen LogP contribution < -0.4 is 10.6 Å². The molecule has 10 nitrogen and oxygen atoms in total. The van der Waals surface area contributed by atoms with Crippen molar-refractivity contribution in [2.45, 2.75) is 70.6 Å². The van der Waals surface area contributed by atoms with Crippen molar-refractivity contribution in [1.29, 1.82) is 0 Å². The fraction of sp³-hybridized carbons (Fsp3) is 0.833. The van der Waals surface area contributed by atoms with Crippen LogP contribution in [0.4, 0.5) is 4.79 Å². The molecule has 0 saturated carbocycles. The Kier molecular flexibility index (Phi) is 7.53. The lowest BCUT2D eigenvalue weighted by Crippen LogP contribution is -2.55. The molecule has 2 heterocycles. The molecule has 0 aromatic carbocycles. The van der Waals surface area contributed by atoms with Gasteiger partial charge in [-0.1, -0.05) is 6.92 Å². The molecule has 2 unspecified atom stereocenters. The Hall–Kier alpha value is -1.85. The van der Waals surface area contributed by atoms with Crippen LogP contribution in [0.2, 0.25) is 0 Å². The fourth-order valence-electron chi connectivity index (χ4n) is 3.17. The van der Waals surface area contributed by atoms with Crippen molar-refractivity contribution in [1.82, 2.24) is 15.5 Å². The molecule has 0 spiro atoms. The van der Waals surface area contributed by atoms with Crippen molar-refractivity contribution in [3.8, 4) is 0 Å². The maximum Gasteiger partial charge on any atom is 0.481 e. The summed E-state index contributed by atoms with van der Waals surface area (Å²) in [7, 11) is -0.672. The van der Waals surface area contributed by atoms with Crippen LogP contribution in [0.25, 0.3) is 0 Å². The second kappa shape index (κ2) is 9.31. The third-order valence-corrected chi connectivity index (χ3v) is 5.72. The molecule has 2 fully saturated rings. The molecule has 2 aliphatic heterocycles. The SMILES string of the molecule is CCC(NC(=O)C(CC(=O)N1CCOCC1)NC(=O)O)B1OC(C)(C)C(C)(C)O1. The van der Waals surface area contributed by atoms with Crippen LogP contribution in [0, 0.1) is 0 Å². The van der Waals surface area contributed by atoms with Gasteiger partial charge in [-0.25, -0.2) is 4.79 Å². The molecule has 2 aliphatic rings. The summed E-state index contributed by atoms with van der Waals surface area (Å²) in [6.07, 6.45) is -1.12. The smallest absolute Gasteiger partial charge is 0.465 e. The molecule has 2 saturated heterocycles. The van der Waals surface area contributed by atoms with Gasteiger partial charge in [0.25, 0.3) is 0 Å². The van der Waals surface area contributed by atoms with E-state index in [1.54, 1.807) is 4.90 Å². The molecule has 3 N–H and O–H groups in total. The highest BCUT2D eigenvalue weighted by Crippen LogP contribution is 2.37. The first kappa shape index (κ1) is 23.4. The van der Waals surface area contributed by atoms with Crippen LogP contribution >= 0.6 is 0 Å². The van der Waals surface area contributed by atoms with Crippen LogP contribution in [0.1, 0.15) is 47.5 Å². The van der Waals surface area contributed by atoms with Gasteiger partial charge in [-0.2, -0.15) is 0 Å². The van der Waals surface area contributed by atoms with E-state index < -0.39 is 42.3 Å². The van der Waals surface area contributed by atoms with E-state index in [0.717, 1.165) is 0 Å². The first-order chi connectivity index (χ1) is 13.5. The van der Waals surface area contributed by atoms with E-state index in [-0.39, 0.29) is 12.3 Å². The number of nitrogens with zero attached hydrogens (tertiary/aromatic N) is 1. The molecular weight excluding hydrogens is 381 g/mol. The predicted octanol–water partition coefficient (Wildman–Crippen LogP) is 0.398. The molecule has 0 aromatic heterocycles. The molecule has 0 aliphatic carbocycles. The van der Waals surface area contributed by atoms with Crippen LogP contribution in [-0.2, 0) is 23.6 Å². The number of carbonyl (C=O) groups is 3. The lowest BCUT2D eigenvalue weighted by Gasteiger charge is -2.32. The van der Waals surface area contributed by atoms with Gasteiger partial charge in [0.1, 0.15) is 6.04 Å². The van der Waals surface area contributed by atoms with Crippen LogP contribution in [0.5, 0.6) is 0 Å². The number of rotatable bonds is 7. The minimum atomic E-state index is -1.37. The molecular formula is C18H32BN3O7. The zero-order valence-electron chi connectivity index (χ0n) is 17.8. The zero-order valence-corrected chi connectivity index (χ0v) is 17.8. The summed E-state index contributed by atoms with van der Waals surface area (Å²) in [5.41, 5.74) is -1.11. The van der Waals surface area contributed by atoms with Crippen LogP contribution in [0.3, 0.4) is 0 Å². The first-order valence-corrected chi connectivity index (χ1v) is 9.98. The lowest BCUT2D eigenvalue weighted by atomic mass is 9.76. The summed E-state index contributed by atoms with van der Waals surface area (Å²) < 4.78 is 17.2. The maximum atomic E-state index is 12.8. The Morgan fingerprint density at radius 1 is 1.07 bits per heavy atom. The number of hydrogen-bond acceptors (Lipinski definition) is 6. The summed E-state index contributed by atoms with van der Waals surface area (Å²) in [5, 5.41) is 14.0. The normalized spacial score (nSPS) is 22.7. The minimum Gasteiger partial charge on any atom is -0.465 e. The lowest BCUT2D eigenvalue weighted by molar-refractivity contribution is -0.138. The predicted molar refractivity (Wildman–Crippen MR) is 105 cm³/mol. The van der Waals surface area contributed by atoms with Gasteiger partial charge < -0.3 is 34.7 Å². The second-order valence-corrected chi connectivity index (χ2v) is 8.35. The van der Waals surface area contributed by atoms with Crippen molar-refractivity contribution in [2.24, 2.45) is 0 Å². The topological polar surface area (TPSA) is 126 Å². The van der Waals surface area contributed by atoms with Gasteiger partial charge in [0.05, 0.1) is 36.8 Å². The van der Waals surface area contributed by atoms with Crippen LogP contribution in [0.15, 0.2) is 0 Å². The standard InChI is InChI=1S/C18H32BN3O7/c1-6-13(19-28-17(2,3)18(4,5)29-19)21-15(24)12(20-16(25)26)11-14(23)22-7-9-27-10-8-22/h12-13,20H,6-11H2,1-5H3,(H,21,24)(H,25,26). The van der Waals surface area contributed by atoms with Gasteiger partial charge in [0.2, 0.25) is 11.8 Å². The molecule has 0 aromatic rings. The van der Waals surface area contributed by atoms with Gasteiger partial charge in [-0.3, -0.25) is 9.59 Å². The van der Waals surface area contributed by atoms with Gasteiger partial charge in [-0.05, 0) is 34.1 Å². The second-order valence-electron chi connectivity index (χ2n) is 8.35. The molecule has 0 bridgehead atoms. The monoisotopic (exact) mass is 413 g/mol. The van der Waals surface area contributed by atoms with Crippen molar-refractivity contribution < 1.29 is 33.5 Å². The highest BCUT2D eigenvalue weighted by molar-refractivity contribution is 6.48. The zero-order chi connectivity index (χ0) is 21.8. The summed E-state index contributed by atoms with van der Waals surface area (Å²) in [5.74, 6) is -1.37. The van der Waals surface area contributed by atoms with Gasteiger partial charge in [-0.15, -0.1) is 0 Å². The Morgan fingerprint density at radius 2 is 1.62 bits per heavy atom. The summed E-state index contributed by atoms with van der Waals surface area (Å²) >= 11 is 0. The summed E-state index contributed by atoms with van der Waals surface area (Å²) in [6.45, 7) is 11.2. The van der Waals surface area contributed by atoms with E-state index in [1.807, 2.05) is 34.6 Å². The van der Waals surface area contributed by atoms with Crippen molar-refractivity contribution in [3.63, 3.8) is 0 Å². The molecule has 11 heteroatoms. The number of morpholine rings is 1. The average Bonchev–Trinajstić information content (AvgIpc) is 2.86. The fourth-order valence-corrected chi connectivity index (χ4v) is 3.17. The Bertz CT molecular complexity index is 607. The number of nitrogens with one attached hydrogen (secondary N) is 2. The number of ether oxygens (including phenoxy) is 1. The van der Waals surface area contributed by atoms with Gasteiger partial charge >= 0.3 is 13.2 Å². The van der Waals surface area contributed by atoms with Crippen molar-refractivity contribution >= 4 is 25.0 Å². The van der Waals surface area contributed by atoms with Crippen molar-refractivity contribution in [2.75, 3.05) is 26.3 Å². The largest absolute Gasteiger partial charge is 0.481 e. The molecule has 0 radical (unpaired) electrons. The van der Waals surface area contributed by atoms with E-state index in [4.69, 9.17) is 19.2 Å². The number of amides is 3. The van der Waals surface area contributed by atoms with E-state index in [9.17, 15) is 14.4 Å². The van der Waals surface area contributed by atoms with Gasteiger partial charge in [0.15, 0.2) is 0 Å². The molecule has 29 heavy (non-hydrogen) atoms. The Labute approximate surface area is 171 Å². The maximum absolute atomic E-state index is 12.8. The summed E-state index contributed by atoms with van der Waals surface area (Å²) in [6, 6.07) is -1.21. The molecule has 2 rings (SSSR count). The molecule has 2 atom stereocenters. The van der Waals surface area contributed by atoms with E-state index in [2.05, 4.69) is 10.6 Å². The number of hydrogen-bond donors (Lipinski definition) is 3. The number of carboxylic acid groups (broad SMARTS) is 1. The van der Waals surface area contributed by atoms with Gasteiger partial charge in [0, 0.05) is 13.1 Å².